The molecule has 5 nitrogen and oxygen atoms in total. The SMILES string of the molecule is CC(C)CC(=O)N(C)C(C)c1nc2ccccc2c(=O)n1-c1ccc(F)c(Cl)c1. The number of para-hydroxylation sites is 1. The number of carbonyl (C=O) groups excluding carboxylic acids is 1. The van der Waals surface area contributed by atoms with Gasteiger partial charge in [0.25, 0.3) is 5.56 Å². The standard InChI is InChI=1S/C22H23ClFN3O2/c1-13(2)11-20(28)26(4)14(3)21-25-19-8-6-5-7-16(19)22(29)27(21)15-9-10-18(24)17(23)12-15/h5-10,12-14H,11H2,1-4H3. The molecule has 1 amide bonds. The molecule has 0 aliphatic carbocycles. The summed E-state index contributed by atoms with van der Waals surface area (Å²) in [5.41, 5.74) is 0.629. The molecule has 0 saturated carbocycles. The quantitative estimate of drug-likeness (QED) is 0.604. The summed E-state index contributed by atoms with van der Waals surface area (Å²) in [6.45, 7) is 5.76. The van der Waals surface area contributed by atoms with Crippen molar-refractivity contribution in [3.8, 4) is 5.69 Å². The lowest BCUT2D eigenvalue weighted by molar-refractivity contribution is -0.132. The summed E-state index contributed by atoms with van der Waals surface area (Å²) < 4.78 is 15.1. The number of carbonyl (C=O) groups is 1. The fourth-order valence-electron chi connectivity index (χ4n) is 3.19. The van der Waals surface area contributed by atoms with Gasteiger partial charge in [0.05, 0.1) is 27.7 Å². The molecule has 29 heavy (non-hydrogen) atoms. The predicted molar refractivity (Wildman–Crippen MR) is 113 cm³/mol. The number of benzene rings is 2. The number of nitrogens with zero attached hydrogens (tertiary/aromatic N) is 3. The highest BCUT2D eigenvalue weighted by molar-refractivity contribution is 6.30. The topological polar surface area (TPSA) is 55.2 Å². The Bertz CT molecular complexity index is 1130. The van der Waals surface area contributed by atoms with E-state index in [1.54, 1.807) is 36.2 Å². The first-order chi connectivity index (χ1) is 13.7. The van der Waals surface area contributed by atoms with Crippen LogP contribution in [0.25, 0.3) is 16.6 Å². The summed E-state index contributed by atoms with van der Waals surface area (Å²) >= 11 is 5.96. The fourth-order valence-corrected chi connectivity index (χ4v) is 3.36. The largest absolute Gasteiger partial charge is 0.336 e. The molecule has 2 aromatic carbocycles. The van der Waals surface area contributed by atoms with Crippen LogP contribution in [0.4, 0.5) is 4.39 Å². The Balaban J connectivity index is 2.23. The molecule has 1 heterocycles. The molecule has 0 bridgehead atoms. The maximum atomic E-state index is 13.7. The first-order valence-electron chi connectivity index (χ1n) is 9.43. The Morgan fingerprint density at radius 1 is 1.21 bits per heavy atom. The first kappa shape index (κ1) is 21.0. The van der Waals surface area contributed by atoms with Crippen LogP contribution in [0.3, 0.4) is 0 Å². The van der Waals surface area contributed by atoms with E-state index in [9.17, 15) is 14.0 Å². The van der Waals surface area contributed by atoms with Crippen molar-refractivity contribution >= 4 is 28.4 Å². The third kappa shape index (κ3) is 4.17. The van der Waals surface area contributed by atoms with Gasteiger partial charge in [-0.25, -0.2) is 9.37 Å². The molecule has 0 aliphatic heterocycles. The van der Waals surface area contributed by atoms with Crippen LogP contribution in [0.15, 0.2) is 47.3 Å². The number of aromatic nitrogens is 2. The van der Waals surface area contributed by atoms with Gasteiger partial charge in [-0.15, -0.1) is 0 Å². The van der Waals surface area contributed by atoms with E-state index in [0.29, 0.717) is 28.8 Å². The summed E-state index contributed by atoms with van der Waals surface area (Å²) in [6, 6.07) is 10.6. The lowest BCUT2D eigenvalue weighted by Crippen LogP contribution is -2.35. The van der Waals surface area contributed by atoms with Gasteiger partial charge in [0.15, 0.2) is 0 Å². The second-order valence-electron chi connectivity index (χ2n) is 7.50. The Labute approximate surface area is 173 Å². The molecule has 1 atom stereocenters. The molecular formula is C22H23ClFN3O2. The second kappa shape index (κ2) is 8.33. The van der Waals surface area contributed by atoms with Crippen molar-refractivity contribution in [3.63, 3.8) is 0 Å². The highest BCUT2D eigenvalue weighted by Crippen LogP contribution is 2.25. The number of hydrogen-bond acceptors (Lipinski definition) is 3. The van der Waals surface area contributed by atoms with Gasteiger partial charge in [-0.05, 0) is 43.2 Å². The molecule has 0 radical (unpaired) electrons. The number of fused-ring (bicyclic) bond motifs is 1. The maximum Gasteiger partial charge on any atom is 0.266 e. The molecule has 0 fully saturated rings. The molecule has 0 spiro atoms. The Kier molecular flexibility index (Phi) is 6.03. The highest BCUT2D eigenvalue weighted by atomic mass is 35.5. The summed E-state index contributed by atoms with van der Waals surface area (Å²) in [4.78, 5) is 32.2. The summed E-state index contributed by atoms with van der Waals surface area (Å²) in [6.07, 6.45) is 0.390. The summed E-state index contributed by atoms with van der Waals surface area (Å²) in [5, 5.41) is 0.338. The Hall–Kier alpha value is -2.73. The van der Waals surface area contributed by atoms with Crippen LogP contribution in [0.1, 0.15) is 39.1 Å². The molecule has 1 aromatic heterocycles. The van der Waals surface area contributed by atoms with Gasteiger partial charge in [-0.1, -0.05) is 37.6 Å². The average molecular weight is 416 g/mol. The van der Waals surface area contributed by atoms with Crippen molar-refractivity contribution < 1.29 is 9.18 Å². The molecule has 7 heteroatoms. The van der Waals surface area contributed by atoms with E-state index in [2.05, 4.69) is 4.98 Å². The molecule has 1 unspecified atom stereocenters. The lowest BCUT2D eigenvalue weighted by Gasteiger charge is -2.27. The first-order valence-corrected chi connectivity index (χ1v) is 9.81. The number of hydrogen-bond donors (Lipinski definition) is 0. The molecule has 3 aromatic rings. The van der Waals surface area contributed by atoms with Crippen LogP contribution in [-0.4, -0.2) is 27.4 Å². The van der Waals surface area contributed by atoms with Gasteiger partial charge in [0, 0.05) is 13.5 Å². The minimum absolute atomic E-state index is 0.0430. The maximum absolute atomic E-state index is 13.7. The summed E-state index contributed by atoms with van der Waals surface area (Å²) in [5.74, 6) is -0.0228. The van der Waals surface area contributed by atoms with E-state index in [0.717, 1.165) is 0 Å². The van der Waals surface area contributed by atoms with Crippen LogP contribution >= 0.6 is 11.6 Å². The number of halogens is 2. The van der Waals surface area contributed by atoms with Crippen molar-refractivity contribution in [3.05, 3.63) is 69.5 Å². The third-order valence-corrected chi connectivity index (χ3v) is 5.18. The smallest absolute Gasteiger partial charge is 0.266 e. The van der Waals surface area contributed by atoms with E-state index in [1.165, 1.54) is 22.8 Å². The van der Waals surface area contributed by atoms with Crippen molar-refractivity contribution in [1.29, 1.82) is 0 Å². The highest BCUT2D eigenvalue weighted by Gasteiger charge is 2.24. The van der Waals surface area contributed by atoms with Crippen LogP contribution in [0.5, 0.6) is 0 Å². The van der Waals surface area contributed by atoms with Gasteiger partial charge >= 0.3 is 0 Å². The third-order valence-electron chi connectivity index (χ3n) is 4.89. The Morgan fingerprint density at radius 3 is 2.55 bits per heavy atom. The van der Waals surface area contributed by atoms with Crippen molar-refractivity contribution in [1.82, 2.24) is 14.5 Å². The molecular weight excluding hydrogens is 393 g/mol. The summed E-state index contributed by atoms with van der Waals surface area (Å²) in [7, 11) is 1.69. The zero-order valence-electron chi connectivity index (χ0n) is 16.8. The van der Waals surface area contributed by atoms with E-state index >= 15 is 0 Å². The number of rotatable bonds is 5. The van der Waals surface area contributed by atoms with E-state index < -0.39 is 11.9 Å². The van der Waals surface area contributed by atoms with Gasteiger partial charge in [-0.2, -0.15) is 0 Å². The number of amides is 1. The Morgan fingerprint density at radius 2 is 1.90 bits per heavy atom. The zero-order chi connectivity index (χ0) is 21.3. The van der Waals surface area contributed by atoms with Crippen LogP contribution < -0.4 is 5.56 Å². The van der Waals surface area contributed by atoms with E-state index in [-0.39, 0.29) is 22.4 Å². The van der Waals surface area contributed by atoms with E-state index in [1.807, 2.05) is 20.8 Å². The van der Waals surface area contributed by atoms with Crippen LogP contribution in [0, 0.1) is 11.7 Å². The predicted octanol–water partition coefficient (Wildman–Crippen LogP) is 4.74. The van der Waals surface area contributed by atoms with Gasteiger partial charge < -0.3 is 4.90 Å². The molecule has 152 valence electrons. The van der Waals surface area contributed by atoms with Crippen molar-refractivity contribution in [2.75, 3.05) is 7.05 Å². The lowest BCUT2D eigenvalue weighted by atomic mass is 10.1. The molecule has 0 N–H and O–H groups in total. The monoisotopic (exact) mass is 415 g/mol. The molecule has 3 rings (SSSR count). The molecule has 0 saturated heterocycles. The second-order valence-corrected chi connectivity index (χ2v) is 7.91. The van der Waals surface area contributed by atoms with Crippen molar-refractivity contribution in [2.45, 2.75) is 33.2 Å². The van der Waals surface area contributed by atoms with Crippen LogP contribution in [-0.2, 0) is 4.79 Å². The normalized spacial score (nSPS) is 12.4. The average Bonchev–Trinajstić information content (AvgIpc) is 2.68. The van der Waals surface area contributed by atoms with Gasteiger partial charge in [-0.3, -0.25) is 14.2 Å². The van der Waals surface area contributed by atoms with Gasteiger partial charge in [0.2, 0.25) is 5.91 Å². The van der Waals surface area contributed by atoms with Gasteiger partial charge in [0.1, 0.15) is 11.6 Å². The minimum Gasteiger partial charge on any atom is -0.336 e. The minimum atomic E-state index is -0.573. The molecule has 0 aliphatic rings. The van der Waals surface area contributed by atoms with Crippen LogP contribution in [0.2, 0.25) is 5.02 Å². The van der Waals surface area contributed by atoms with E-state index in [4.69, 9.17) is 11.6 Å². The fraction of sp³-hybridized carbons (Fsp3) is 0.318. The zero-order valence-corrected chi connectivity index (χ0v) is 17.6. The van der Waals surface area contributed by atoms with Crippen molar-refractivity contribution in [2.24, 2.45) is 5.92 Å².